The van der Waals surface area contributed by atoms with Crippen molar-refractivity contribution in [3.63, 3.8) is 0 Å². The normalized spacial score (nSPS) is 11.1. The van der Waals surface area contributed by atoms with Gasteiger partial charge in [0.25, 0.3) is 20.2 Å². The van der Waals surface area contributed by atoms with E-state index in [1.807, 2.05) is 13.8 Å². The molecule has 0 amide bonds. The van der Waals surface area contributed by atoms with Gasteiger partial charge in [0.1, 0.15) is 0 Å². The number of unbranched alkanes of at least 4 members (excludes halogenated alkanes) is 2. The maximum atomic E-state index is 9.95. The van der Waals surface area contributed by atoms with Gasteiger partial charge in [0.2, 0.25) is 0 Å². The Hall–Kier alpha value is 0.170. The molecule has 9 heteroatoms. The first-order valence-electron chi connectivity index (χ1n) is 5.02. The highest BCUT2D eigenvalue weighted by Crippen LogP contribution is 1.91. The summed E-state index contributed by atoms with van der Waals surface area (Å²) in [5.74, 6) is -0.215. The largest absolute Gasteiger partial charge is 0.286 e. The monoisotopic (exact) mass is 310 g/mol. The third-order valence-corrected chi connectivity index (χ3v) is 3.12. The third kappa shape index (κ3) is 31.4. The summed E-state index contributed by atoms with van der Waals surface area (Å²) in [6.45, 7) is 3.73. The molecule has 0 unspecified atom stereocenters. The van der Waals surface area contributed by atoms with Crippen molar-refractivity contribution in [1.82, 2.24) is 0 Å². The minimum absolute atomic E-state index is 0. The molecular formula is C8H22O6S3. The zero-order valence-corrected chi connectivity index (χ0v) is 12.7. The second kappa shape index (κ2) is 11.3. The highest BCUT2D eigenvalue weighted by atomic mass is 32.2. The first-order chi connectivity index (χ1) is 7.12. The Morgan fingerprint density at radius 1 is 0.765 bits per heavy atom. The highest BCUT2D eigenvalue weighted by molar-refractivity contribution is 7.86. The molecule has 6 nitrogen and oxygen atoms in total. The molecule has 0 aromatic heterocycles. The maximum Gasteiger partial charge on any atom is 0.264 e. The molecule has 0 rings (SSSR count). The molecule has 0 fully saturated rings. The second-order valence-electron chi connectivity index (χ2n) is 3.28. The van der Waals surface area contributed by atoms with Gasteiger partial charge in [0, 0.05) is 0 Å². The number of hydrogen-bond acceptors (Lipinski definition) is 4. The zero-order chi connectivity index (χ0) is 13.2. The van der Waals surface area contributed by atoms with Crippen LogP contribution < -0.4 is 0 Å². The predicted octanol–water partition coefficient (Wildman–Crippen LogP) is 1.46. The van der Waals surface area contributed by atoms with E-state index in [1.54, 1.807) is 0 Å². The van der Waals surface area contributed by atoms with Gasteiger partial charge in [-0.1, -0.05) is 26.7 Å². The fraction of sp³-hybridized carbons (Fsp3) is 1.00. The Kier molecular flexibility index (Phi) is 14.8. The molecule has 0 saturated heterocycles. The van der Waals surface area contributed by atoms with E-state index in [1.165, 1.54) is 0 Å². The SMILES string of the molecule is CCCCS(=O)(=O)O.CCCCS(=O)(=O)O.S. The third-order valence-electron chi connectivity index (χ3n) is 1.51. The van der Waals surface area contributed by atoms with Crippen LogP contribution in [0.4, 0.5) is 0 Å². The van der Waals surface area contributed by atoms with Gasteiger partial charge in [-0.15, -0.1) is 0 Å². The lowest BCUT2D eigenvalue weighted by atomic mass is 10.4. The van der Waals surface area contributed by atoms with Gasteiger partial charge in [-0.3, -0.25) is 9.11 Å². The van der Waals surface area contributed by atoms with Crippen LogP contribution >= 0.6 is 13.5 Å². The molecule has 0 aliphatic carbocycles. The lowest BCUT2D eigenvalue weighted by molar-refractivity contribution is 0.478. The zero-order valence-electron chi connectivity index (χ0n) is 10.1. The average Bonchev–Trinajstić information content (AvgIpc) is 2.10. The maximum absolute atomic E-state index is 9.95. The van der Waals surface area contributed by atoms with E-state index < -0.39 is 20.2 Å². The van der Waals surface area contributed by atoms with Crippen molar-refractivity contribution in [3.8, 4) is 0 Å². The molecule has 0 aliphatic rings. The van der Waals surface area contributed by atoms with E-state index in [0.29, 0.717) is 12.8 Å². The van der Waals surface area contributed by atoms with Crippen molar-refractivity contribution in [2.75, 3.05) is 11.5 Å². The molecular weight excluding hydrogens is 288 g/mol. The lowest BCUT2D eigenvalue weighted by Crippen LogP contribution is -2.02. The Bertz CT molecular complexity index is 309. The molecule has 0 aromatic carbocycles. The first kappa shape index (κ1) is 22.4. The fourth-order valence-corrected chi connectivity index (χ4v) is 1.96. The molecule has 0 saturated carbocycles. The number of rotatable bonds is 6. The molecule has 2 N–H and O–H groups in total. The summed E-state index contributed by atoms with van der Waals surface area (Å²) in [6.07, 6.45) is 2.66. The van der Waals surface area contributed by atoms with E-state index in [-0.39, 0.29) is 25.0 Å². The van der Waals surface area contributed by atoms with Gasteiger partial charge in [-0.2, -0.15) is 30.3 Å². The smallest absolute Gasteiger partial charge is 0.264 e. The molecule has 0 aromatic rings. The van der Waals surface area contributed by atoms with Gasteiger partial charge in [-0.25, -0.2) is 0 Å². The first-order valence-corrected chi connectivity index (χ1v) is 8.24. The lowest BCUT2D eigenvalue weighted by Gasteiger charge is -1.90. The molecule has 17 heavy (non-hydrogen) atoms. The highest BCUT2D eigenvalue weighted by Gasteiger charge is 2.00. The molecule has 108 valence electrons. The standard InChI is InChI=1S/2C4H10O3S.H2S/c2*1-2-3-4-8(5,6)7;/h2*2-4H2,1H3,(H,5,6,7);1H2. The minimum Gasteiger partial charge on any atom is -0.286 e. The van der Waals surface area contributed by atoms with Crippen molar-refractivity contribution in [1.29, 1.82) is 0 Å². The summed E-state index contributed by atoms with van der Waals surface area (Å²) in [6, 6.07) is 0. The van der Waals surface area contributed by atoms with Crippen LogP contribution in [0.25, 0.3) is 0 Å². The molecule has 0 aliphatic heterocycles. The van der Waals surface area contributed by atoms with Crippen LogP contribution in [0.1, 0.15) is 39.5 Å². The van der Waals surface area contributed by atoms with Crippen molar-refractivity contribution in [3.05, 3.63) is 0 Å². The van der Waals surface area contributed by atoms with Crippen LogP contribution in [0.3, 0.4) is 0 Å². The Labute approximate surface area is 111 Å². The summed E-state index contributed by atoms with van der Waals surface area (Å²) in [7, 11) is -7.37. The van der Waals surface area contributed by atoms with Crippen LogP contribution in [0.5, 0.6) is 0 Å². The van der Waals surface area contributed by atoms with Crippen LogP contribution in [0, 0.1) is 0 Å². The Morgan fingerprint density at radius 2 is 1.00 bits per heavy atom. The molecule has 0 radical (unpaired) electrons. The van der Waals surface area contributed by atoms with E-state index in [2.05, 4.69) is 0 Å². The van der Waals surface area contributed by atoms with E-state index >= 15 is 0 Å². The van der Waals surface area contributed by atoms with E-state index in [4.69, 9.17) is 9.11 Å². The van der Waals surface area contributed by atoms with Crippen LogP contribution in [0.2, 0.25) is 0 Å². The number of hydrogen-bond donors (Lipinski definition) is 2. The molecule has 0 bridgehead atoms. The molecule has 0 heterocycles. The van der Waals surface area contributed by atoms with Crippen molar-refractivity contribution < 1.29 is 25.9 Å². The van der Waals surface area contributed by atoms with Crippen molar-refractivity contribution in [2.24, 2.45) is 0 Å². The van der Waals surface area contributed by atoms with Gasteiger partial charge >= 0.3 is 0 Å². The van der Waals surface area contributed by atoms with Crippen molar-refractivity contribution >= 4 is 33.7 Å². The second-order valence-corrected chi connectivity index (χ2v) is 6.42. The van der Waals surface area contributed by atoms with E-state index in [9.17, 15) is 16.8 Å². The van der Waals surface area contributed by atoms with Crippen LogP contribution in [-0.2, 0) is 20.2 Å². The summed E-state index contributed by atoms with van der Waals surface area (Å²) >= 11 is 0. The molecule has 0 spiro atoms. The summed E-state index contributed by atoms with van der Waals surface area (Å²) in [5, 5.41) is 0. The predicted molar refractivity (Wildman–Crippen MR) is 73.0 cm³/mol. The van der Waals surface area contributed by atoms with Gasteiger partial charge < -0.3 is 0 Å². The fourth-order valence-electron chi connectivity index (χ4n) is 0.653. The minimum atomic E-state index is -3.69. The summed E-state index contributed by atoms with van der Waals surface area (Å²) in [5.41, 5.74) is 0. The quantitative estimate of drug-likeness (QED) is 0.719. The van der Waals surface area contributed by atoms with Crippen LogP contribution in [0.15, 0.2) is 0 Å². The summed E-state index contributed by atoms with van der Waals surface area (Å²) < 4.78 is 56.0. The van der Waals surface area contributed by atoms with Gasteiger partial charge in [0.05, 0.1) is 11.5 Å². The van der Waals surface area contributed by atoms with Crippen LogP contribution in [-0.4, -0.2) is 37.4 Å². The Morgan fingerprint density at radius 3 is 1.06 bits per heavy atom. The van der Waals surface area contributed by atoms with E-state index in [0.717, 1.165) is 12.8 Å². The van der Waals surface area contributed by atoms with Crippen molar-refractivity contribution in [2.45, 2.75) is 39.5 Å². The average molecular weight is 310 g/mol. The van der Waals surface area contributed by atoms with Gasteiger partial charge in [0.15, 0.2) is 0 Å². The summed E-state index contributed by atoms with van der Waals surface area (Å²) in [4.78, 5) is 0. The van der Waals surface area contributed by atoms with Gasteiger partial charge in [-0.05, 0) is 12.8 Å². The molecule has 0 atom stereocenters. The Balaban J connectivity index is -0.000000218. The topological polar surface area (TPSA) is 109 Å².